The quantitative estimate of drug-likeness (QED) is 0.668. The molecule has 0 heterocycles. The van der Waals surface area contributed by atoms with Crippen molar-refractivity contribution in [1.29, 1.82) is 0 Å². The van der Waals surface area contributed by atoms with Crippen LogP contribution >= 0.6 is 0 Å². The Balaban J connectivity index is 2.53. The van der Waals surface area contributed by atoms with E-state index in [1.54, 1.807) is 13.8 Å². The van der Waals surface area contributed by atoms with Gasteiger partial charge in [0.1, 0.15) is 0 Å². The van der Waals surface area contributed by atoms with Crippen LogP contribution in [0, 0.1) is 0 Å². The number of carbonyl (C=O) groups is 1. The molecule has 4 N–H and O–H groups in total. The summed E-state index contributed by atoms with van der Waals surface area (Å²) in [6.07, 6.45) is 5.54. The zero-order valence-electron chi connectivity index (χ0n) is 12.0. The molecule has 1 amide bonds. The summed E-state index contributed by atoms with van der Waals surface area (Å²) in [6.45, 7) is 3.66. The van der Waals surface area contributed by atoms with E-state index in [2.05, 4.69) is 10.0 Å². The standard InChI is InChI=1S/C12H25N3O3S/c1-11(2,15-19(3,17)18)9-14-10(16)12(13)7-5-4-6-8-12/h15H,4-9,13H2,1-3H3,(H,14,16). The van der Waals surface area contributed by atoms with E-state index in [0.29, 0.717) is 12.8 Å². The second-order valence-corrected chi connectivity index (χ2v) is 7.91. The van der Waals surface area contributed by atoms with E-state index in [0.717, 1.165) is 25.5 Å². The zero-order valence-corrected chi connectivity index (χ0v) is 12.8. The lowest BCUT2D eigenvalue weighted by Gasteiger charge is -2.33. The second-order valence-electron chi connectivity index (χ2n) is 6.16. The fraction of sp³-hybridized carbons (Fsp3) is 0.917. The highest BCUT2D eigenvalue weighted by atomic mass is 32.2. The molecule has 0 saturated heterocycles. The molecule has 1 saturated carbocycles. The first-order chi connectivity index (χ1) is 8.54. The van der Waals surface area contributed by atoms with E-state index in [4.69, 9.17) is 5.73 Å². The molecular weight excluding hydrogens is 266 g/mol. The minimum absolute atomic E-state index is 0.185. The molecule has 0 radical (unpaired) electrons. The highest BCUT2D eigenvalue weighted by Gasteiger charge is 2.36. The number of rotatable bonds is 5. The number of nitrogens with one attached hydrogen (secondary N) is 2. The van der Waals surface area contributed by atoms with Gasteiger partial charge in [0.15, 0.2) is 0 Å². The molecule has 1 rings (SSSR count). The van der Waals surface area contributed by atoms with Crippen LogP contribution in [0.4, 0.5) is 0 Å². The molecule has 0 aliphatic heterocycles. The van der Waals surface area contributed by atoms with Crippen LogP contribution in [0.5, 0.6) is 0 Å². The molecule has 0 spiro atoms. The summed E-state index contributed by atoms with van der Waals surface area (Å²) in [6, 6.07) is 0. The van der Waals surface area contributed by atoms with Crippen molar-refractivity contribution in [1.82, 2.24) is 10.0 Å². The molecule has 0 bridgehead atoms. The third-order valence-corrected chi connectivity index (χ3v) is 4.27. The Kier molecular flexibility index (Phi) is 4.97. The molecule has 7 heteroatoms. The molecule has 0 unspecified atom stereocenters. The third kappa shape index (κ3) is 5.46. The van der Waals surface area contributed by atoms with E-state index in [9.17, 15) is 13.2 Å². The second kappa shape index (κ2) is 5.76. The number of carbonyl (C=O) groups excluding carboxylic acids is 1. The first kappa shape index (κ1) is 16.4. The highest BCUT2D eigenvalue weighted by Crippen LogP contribution is 2.26. The fourth-order valence-electron chi connectivity index (χ4n) is 2.42. The molecule has 0 aromatic carbocycles. The van der Waals surface area contributed by atoms with E-state index in [1.165, 1.54) is 0 Å². The van der Waals surface area contributed by atoms with Crippen molar-refractivity contribution in [3.63, 3.8) is 0 Å². The predicted octanol–water partition coefficient (Wildman–Crippen LogP) is 0.0920. The topological polar surface area (TPSA) is 101 Å². The van der Waals surface area contributed by atoms with Gasteiger partial charge in [-0.1, -0.05) is 19.3 Å². The van der Waals surface area contributed by atoms with Gasteiger partial charge in [0.25, 0.3) is 0 Å². The van der Waals surface area contributed by atoms with Gasteiger partial charge in [-0.25, -0.2) is 13.1 Å². The fourth-order valence-corrected chi connectivity index (χ4v) is 3.50. The number of hydrogen-bond acceptors (Lipinski definition) is 4. The van der Waals surface area contributed by atoms with Crippen molar-refractivity contribution in [3.05, 3.63) is 0 Å². The van der Waals surface area contributed by atoms with Crippen LogP contribution in [0.25, 0.3) is 0 Å². The number of nitrogens with two attached hydrogens (primary N) is 1. The van der Waals surface area contributed by atoms with Crippen molar-refractivity contribution >= 4 is 15.9 Å². The Hall–Kier alpha value is -0.660. The van der Waals surface area contributed by atoms with Crippen LogP contribution in [0.15, 0.2) is 0 Å². The van der Waals surface area contributed by atoms with E-state index in [-0.39, 0.29) is 12.5 Å². The maximum atomic E-state index is 12.1. The van der Waals surface area contributed by atoms with Crippen molar-refractivity contribution in [3.8, 4) is 0 Å². The Morgan fingerprint density at radius 3 is 2.26 bits per heavy atom. The summed E-state index contributed by atoms with van der Waals surface area (Å²) >= 11 is 0. The average molecular weight is 291 g/mol. The van der Waals surface area contributed by atoms with Gasteiger partial charge in [0, 0.05) is 12.1 Å². The van der Waals surface area contributed by atoms with Crippen LogP contribution in [0.2, 0.25) is 0 Å². The summed E-state index contributed by atoms with van der Waals surface area (Å²) in [4.78, 5) is 12.1. The van der Waals surface area contributed by atoms with Gasteiger partial charge >= 0.3 is 0 Å². The van der Waals surface area contributed by atoms with Crippen molar-refractivity contribution in [2.24, 2.45) is 5.73 Å². The summed E-state index contributed by atoms with van der Waals surface area (Å²) in [5, 5.41) is 2.76. The minimum Gasteiger partial charge on any atom is -0.353 e. The Morgan fingerprint density at radius 2 is 1.79 bits per heavy atom. The van der Waals surface area contributed by atoms with Crippen molar-refractivity contribution in [2.45, 2.75) is 57.0 Å². The van der Waals surface area contributed by atoms with Gasteiger partial charge in [0.05, 0.1) is 11.8 Å². The van der Waals surface area contributed by atoms with Crippen LogP contribution < -0.4 is 15.8 Å². The molecule has 1 aliphatic rings. The van der Waals surface area contributed by atoms with Gasteiger partial charge in [-0.3, -0.25) is 4.79 Å². The monoisotopic (exact) mass is 291 g/mol. The maximum absolute atomic E-state index is 12.1. The summed E-state index contributed by atoms with van der Waals surface area (Å²) in [5.41, 5.74) is 4.59. The molecule has 112 valence electrons. The SMILES string of the molecule is CC(C)(CNC(=O)C1(N)CCCCC1)NS(C)(=O)=O. The number of sulfonamides is 1. The smallest absolute Gasteiger partial charge is 0.240 e. The molecule has 0 aromatic rings. The van der Waals surface area contributed by atoms with E-state index in [1.807, 2.05) is 0 Å². The van der Waals surface area contributed by atoms with Crippen molar-refractivity contribution < 1.29 is 13.2 Å². The third-order valence-electron chi connectivity index (χ3n) is 3.35. The Labute approximate surface area is 115 Å². The Morgan fingerprint density at radius 1 is 1.26 bits per heavy atom. The lowest BCUT2D eigenvalue weighted by Crippen LogP contribution is -2.59. The molecule has 1 fully saturated rings. The largest absolute Gasteiger partial charge is 0.353 e. The van der Waals surface area contributed by atoms with Gasteiger partial charge in [-0.2, -0.15) is 0 Å². The lowest BCUT2D eigenvalue weighted by molar-refractivity contribution is -0.127. The van der Waals surface area contributed by atoms with Crippen LogP contribution in [0.1, 0.15) is 46.0 Å². The van der Waals surface area contributed by atoms with Crippen molar-refractivity contribution in [2.75, 3.05) is 12.8 Å². The highest BCUT2D eigenvalue weighted by molar-refractivity contribution is 7.88. The normalized spacial score (nSPS) is 20.0. The van der Waals surface area contributed by atoms with Crippen LogP contribution in [-0.4, -0.2) is 38.2 Å². The zero-order chi connectivity index (χ0) is 14.7. The first-order valence-electron chi connectivity index (χ1n) is 6.60. The molecular formula is C12H25N3O3S. The lowest BCUT2D eigenvalue weighted by atomic mass is 9.82. The molecule has 6 nitrogen and oxygen atoms in total. The van der Waals surface area contributed by atoms with Gasteiger partial charge in [-0.15, -0.1) is 0 Å². The maximum Gasteiger partial charge on any atom is 0.240 e. The average Bonchev–Trinajstić information content (AvgIpc) is 2.23. The van der Waals surface area contributed by atoms with Crippen LogP contribution in [-0.2, 0) is 14.8 Å². The molecule has 0 atom stereocenters. The number of hydrogen-bond donors (Lipinski definition) is 3. The molecule has 0 aromatic heterocycles. The predicted molar refractivity (Wildman–Crippen MR) is 75.1 cm³/mol. The number of amides is 1. The first-order valence-corrected chi connectivity index (χ1v) is 8.49. The van der Waals surface area contributed by atoms with E-state index >= 15 is 0 Å². The van der Waals surface area contributed by atoms with Gasteiger partial charge < -0.3 is 11.1 Å². The minimum atomic E-state index is -3.30. The Bertz CT molecular complexity index is 426. The molecule has 19 heavy (non-hydrogen) atoms. The summed E-state index contributed by atoms with van der Waals surface area (Å²) in [5.74, 6) is -0.185. The van der Waals surface area contributed by atoms with Gasteiger partial charge in [-0.05, 0) is 26.7 Å². The summed E-state index contributed by atoms with van der Waals surface area (Å²) in [7, 11) is -3.30. The van der Waals surface area contributed by atoms with Gasteiger partial charge in [0.2, 0.25) is 15.9 Å². The van der Waals surface area contributed by atoms with E-state index < -0.39 is 21.1 Å². The van der Waals surface area contributed by atoms with Crippen LogP contribution in [0.3, 0.4) is 0 Å². The molecule has 1 aliphatic carbocycles. The summed E-state index contributed by atoms with van der Waals surface area (Å²) < 4.78 is 24.9.